The molecule has 1 fully saturated rings. The molecule has 22 heavy (non-hydrogen) atoms. The van der Waals surface area contributed by atoms with Crippen LogP contribution in [0.1, 0.15) is 31.7 Å². The van der Waals surface area contributed by atoms with Crippen molar-refractivity contribution < 1.29 is 4.74 Å². The standard InChI is InChI=1S/C16H26N4OS/c1-3-8-21-15-7-6-13(10-18-15)11-19-16(17-2)20-14-5-4-9-22-12-14/h6-7,10,14H,3-5,8-9,11-12H2,1-2H3,(H2,17,19,20). The molecule has 0 saturated carbocycles. The minimum absolute atomic E-state index is 0.521. The monoisotopic (exact) mass is 322 g/mol. The van der Waals surface area contributed by atoms with Crippen LogP contribution in [-0.2, 0) is 6.54 Å². The van der Waals surface area contributed by atoms with E-state index in [2.05, 4.69) is 27.5 Å². The minimum atomic E-state index is 0.521. The Hall–Kier alpha value is -1.43. The average molecular weight is 322 g/mol. The van der Waals surface area contributed by atoms with Gasteiger partial charge in [-0.2, -0.15) is 11.8 Å². The zero-order valence-corrected chi connectivity index (χ0v) is 14.3. The van der Waals surface area contributed by atoms with Gasteiger partial charge in [-0.3, -0.25) is 4.99 Å². The summed E-state index contributed by atoms with van der Waals surface area (Å²) in [4.78, 5) is 8.61. The molecule has 2 heterocycles. The Labute approximate surface area is 137 Å². The molecule has 6 heteroatoms. The molecule has 1 aromatic heterocycles. The lowest BCUT2D eigenvalue weighted by molar-refractivity contribution is 0.305. The maximum atomic E-state index is 5.49. The first-order valence-corrected chi connectivity index (χ1v) is 9.10. The van der Waals surface area contributed by atoms with E-state index in [1.54, 1.807) is 0 Å². The van der Waals surface area contributed by atoms with Gasteiger partial charge in [0.05, 0.1) is 6.61 Å². The minimum Gasteiger partial charge on any atom is -0.478 e. The zero-order chi connectivity index (χ0) is 15.6. The van der Waals surface area contributed by atoms with Crippen molar-refractivity contribution >= 4 is 17.7 Å². The van der Waals surface area contributed by atoms with Crippen LogP contribution in [0.4, 0.5) is 0 Å². The molecule has 0 aliphatic carbocycles. The molecule has 1 atom stereocenters. The Morgan fingerprint density at radius 3 is 3.05 bits per heavy atom. The number of pyridine rings is 1. The second-order valence-electron chi connectivity index (χ2n) is 5.34. The quantitative estimate of drug-likeness (QED) is 0.622. The van der Waals surface area contributed by atoms with Crippen molar-refractivity contribution in [3.8, 4) is 5.88 Å². The van der Waals surface area contributed by atoms with E-state index in [0.717, 1.165) is 23.7 Å². The third kappa shape index (κ3) is 5.75. The van der Waals surface area contributed by atoms with Crippen molar-refractivity contribution in [3.05, 3.63) is 23.9 Å². The fraction of sp³-hybridized carbons (Fsp3) is 0.625. The van der Waals surface area contributed by atoms with Gasteiger partial charge >= 0.3 is 0 Å². The van der Waals surface area contributed by atoms with Gasteiger partial charge in [-0.15, -0.1) is 0 Å². The Balaban J connectivity index is 1.77. The fourth-order valence-corrected chi connectivity index (χ4v) is 3.31. The normalized spacial score (nSPS) is 18.8. The lowest BCUT2D eigenvalue weighted by atomic mass is 10.2. The number of aliphatic imine (C=N–C) groups is 1. The molecule has 1 unspecified atom stereocenters. The number of nitrogens with one attached hydrogen (secondary N) is 2. The summed E-state index contributed by atoms with van der Waals surface area (Å²) in [5.41, 5.74) is 1.12. The molecule has 2 rings (SSSR count). The first kappa shape index (κ1) is 16.9. The first-order chi connectivity index (χ1) is 10.8. The van der Waals surface area contributed by atoms with E-state index in [4.69, 9.17) is 4.74 Å². The number of nitrogens with zero attached hydrogens (tertiary/aromatic N) is 2. The first-order valence-electron chi connectivity index (χ1n) is 7.94. The van der Waals surface area contributed by atoms with Crippen LogP contribution in [0.5, 0.6) is 5.88 Å². The van der Waals surface area contributed by atoms with Crippen molar-refractivity contribution in [1.82, 2.24) is 15.6 Å². The van der Waals surface area contributed by atoms with Gasteiger partial charge < -0.3 is 15.4 Å². The molecule has 0 aromatic carbocycles. The highest BCUT2D eigenvalue weighted by Crippen LogP contribution is 2.16. The average Bonchev–Trinajstić information content (AvgIpc) is 2.58. The summed E-state index contributed by atoms with van der Waals surface area (Å²) in [5.74, 6) is 3.99. The van der Waals surface area contributed by atoms with Crippen LogP contribution in [0.25, 0.3) is 0 Å². The predicted molar refractivity (Wildman–Crippen MR) is 93.7 cm³/mol. The van der Waals surface area contributed by atoms with E-state index >= 15 is 0 Å². The van der Waals surface area contributed by atoms with Gasteiger partial charge in [0.2, 0.25) is 5.88 Å². The van der Waals surface area contributed by atoms with Crippen LogP contribution in [0.15, 0.2) is 23.3 Å². The number of hydrogen-bond donors (Lipinski definition) is 2. The third-order valence-electron chi connectivity index (χ3n) is 3.44. The summed E-state index contributed by atoms with van der Waals surface area (Å²) in [6, 6.07) is 4.47. The molecule has 0 bridgehead atoms. The summed E-state index contributed by atoms with van der Waals surface area (Å²) in [5, 5.41) is 6.83. The van der Waals surface area contributed by atoms with Gasteiger partial charge in [0.15, 0.2) is 5.96 Å². The lowest BCUT2D eigenvalue weighted by Gasteiger charge is -2.24. The van der Waals surface area contributed by atoms with Crippen LogP contribution in [-0.4, -0.2) is 42.1 Å². The molecule has 2 N–H and O–H groups in total. The Kier molecular flexibility index (Phi) is 7.36. The number of guanidine groups is 1. The van der Waals surface area contributed by atoms with Crippen molar-refractivity contribution in [3.63, 3.8) is 0 Å². The summed E-state index contributed by atoms with van der Waals surface area (Å²) in [6.07, 6.45) is 5.34. The number of ether oxygens (including phenoxy) is 1. The number of hydrogen-bond acceptors (Lipinski definition) is 4. The van der Waals surface area contributed by atoms with Crippen molar-refractivity contribution in [2.24, 2.45) is 4.99 Å². The van der Waals surface area contributed by atoms with E-state index in [1.165, 1.54) is 18.6 Å². The summed E-state index contributed by atoms with van der Waals surface area (Å²) in [6.45, 7) is 3.50. The topological polar surface area (TPSA) is 58.5 Å². The molecular weight excluding hydrogens is 296 g/mol. The highest BCUT2D eigenvalue weighted by Gasteiger charge is 2.14. The van der Waals surface area contributed by atoms with E-state index in [0.29, 0.717) is 25.1 Å². The van der Waals surface area contributed by atoms with Gasteiger partial charge in [-0.05, 0) is 30.6 Å². The maximum absolute atomic E-state index is 5.49. The summed E-state index contributed by atoms with van der Waals surface area (Å²) in [7, 11) is 1.81. The van der Waals surface area contributed by atoms with E-state index in [1.807, 2.05) is 37.1 Å². The fourth-order valence-electron chi connectivity index (χ4n) is 2.24. The van der Waals surface area contributed by atoms with Crippen molar-refractivity contribution in [2.45, 2.75) is 38.8 Å². The van der Waals surface area contributed by atoms with Crippen molar-refractivity contribution in [1.29, 1.82) is 0 Å². The zero-order valence-electron chi connectivity index (χ0n) is 13.5. The number of aromatic nitrogens is 1. The van der Waals surface area contributed by atoms with Crippen LogP contribution in [0, 0.1) is 0 Å². The van der Waals surface area contributed by atoms with E-state index in [9.17, 15) is 0 Å². The molecular formula is C16H26N4OS. The molecule has 1 aliphatic rings. The largest absolute Gasteiger partial charge is 0.478 e. The maximum Gasteiger partial charge on any atom is 0.213 e. The highest BCUT2D eigenvalue weighted by molar-refractivity contribution is 7.99. The molecule has 0 radical (unpaired) electrons. The molecule has 1 saturated heterocycles. The van der Waals surface area contributed by atoms with E-state index < -0.39 is 0 Å². The molecule has 122 valence electrons. The lowest BCUT2D eigenvalue weighted by Crippen LogP contribution is -2.45. The van der Waals surface area contributed by atoms with Crippen LogP contribution < -0.4 is 15.4 Å². The Bertz CT molecular complexity index is 458. The predicted octanol–water partition coefficient (Wildman–Crippen LogP) is 2.43. The summed E-state index contributed by atoms with van der Waals surface area (Å²) < 4.78 is 5.49. The van der Waals surface area contributed by atoms with Gasteiger partial charge in [0, 0.05) is 37.7 Å². The Morgan fingerprint density at radius 2 is 2.41 bits per heavy atom. The van der Waals surface area contributed by atoms with Crippen LogP contribution >= 0.6 is 11.8 Å². The molecule has 0 spiro atoms. The number of thioether (sulfide) groups is 1. The highest BCUT2D eigenvalue weighted by atomic mass is 32.2. The molecule has 5 nitrogen and oxygen atoms in total. The van der Waals surface area contributed by atoms with Gasteiger partial charge in [-0.25, -0.2) is 4.98 Å². The van der Waals surface area contributed by atoms with Crippen LogP contribution in [0.3, 0.4) is 0 Å². The summed E-state index contributed by atoms with van der Waals surface area (Å²) >= 11 is 2.01. The van der Waals surface area contributed by atoms with Gasteiger partial charge in [0.25, 0.3) is 0 Å². The molecule has 0 amide bonds. The second-order valence-corrected chi connectivity index (χ2v) is 6.49. The van der Waals surface area contributed by atoms with Gasteiger partial charge in [0.1, 0.15) is 0 Å². The molecule has 1 aliphatic heterocycles. The molecule has 1 aromatic rings. The Morgan fingerprint density at radius 1 is 1.50 bits per heavy atom. The SMILES string of the molecule is CCCOc1ccc(CNC(=NC)NC2CCCSC2)cn1. The van der Waals surface area contributed by atoms with Gasteiger partial charge in [-0.1, -0.05) is 13.0 Å². The van der Waals surface area contributed by atoms with E-state index in [-0.39, 0.29) is 0 Å². The second kappa shape index (κ2) is 9.56. The third-order valence-corrected chi connectivity index (χ3v) is 4.65. The van der Waals surface area contributed by atoms with Crippen molar-refractivity contribution in [2.75, 3.05) is 25.2 Å². The smallest absolute Gasteiger partial charge is 0.213 e. The number of rotatable bonds is 6. The van der Waals surface area contributed by atoms with Crippen LogP contribution in [0.2, 0.25) is 0 Å².